The van der Waals surface area contributed by atoms with Gasteiger partial charge in [-0.05, 0) is 75.4 Å². The average Bonchev–Trinajstić information content (AvgIpc) is 3.10. The van der Waals surface area contributed by atoms with Crippen LogP contribution in [-0.4, -0.2) is 42.1 Å². The fraction of sp³-hybridized carbons (Fsp3) is 0.478. The van der Waals surface area contributed by atoms with E-state index in [1.807, 2.05) is 6.07 Å². The monoisotopic (exact) mass is 393 g/mol. The number of hydrogen-bond acceptors (Lipinski definition) is 5. The summed E-state index contributed by atoms with van der Waals surface area (Å²) in [5, 5.41) is 0. The largest absolute Gasteiger partial charge is 0.371 e. The minimum Gasteiger partial charge on any atom is -0.371 e. The van der Waals surface area contributed by atoms with E-state index in [4.69, 9.17) is 4.98 Å². The van der Waals surface area contributed by atoms with Crippen molar-refractivity contribution in [2.24, 2.45) is 5.41 Å². The third-order valence-electron chi connectivity index (χ3n) is 6.72. The Kier molecular flexibility index (Phi) is 4.40. The van der Waals surface area contributed by atoms with Crippen LogP contribution in [0, 0.1) is 5.41 Å². The molecular weight excluding hydrogens is 366 g/mol. The molecule has 0 N–H and O–H groups in total. The van der Waals surface area contributed by atoms with Crippen molar-refractivity contribution < 1.29 is 0 Å². The van der Waals surface area contributed by atoms with Crippen LogP contribution >= 0.6 is 11.3 Å². The molecule has 146 valence electrons. The summed E-state index contributed by atoms with van der Waals surface area (Å²) in [5.74, 6) is 0. The van der Waals surface area contributed by atoms with Gasteiger partial charge >= 0.3 is 0 Å². The number of benzene rings is 2. The Bertz CT molecular complexity index is 1040. The zero-order chi connectivity index (χ0) is 19.3. The first-order valence-corrected chi connectivity index (χ1v) is 11.2. The Morgan fingerprint density at radius 2 is 1.82 bits per heavy atom. The lowest BCUT2D eigenvalue weighted by molar-refractivity contribution is 0.190. The lowest BCUT2D eigenvalue weighted by Crippen LogP contribution is -2.42. The van der Waals surface area contributed by atoms with Gasteiger partial charge in [-0.2, -0.15) is 0 Å². The SMILES string of the molecule is CC(C)N1CCC2(CCN(c3ccc4nc5ccc(=O)cc-5sc4c3)CC2)C1. The number of anilines is 1. The smallest absolute Gasteiger partial charge is 0.180 e. The maximum absolute atomic E-state index is 11.7. The van der Waals surface area contributed by atoms with Crippen molar-refractivity contribution in [2.45, 2.75) is 39.2 Å². The van der Waals surface area contributed by atoms with Crippen molar-refractivity contribution >= 4 is 27.2 Å². The normalized spacial score (nSPS) is 20.0. The standard InChI is InChI=1S/C23H27N3OS/c1-16(2)26-12-9-23(15-26)7-10-25(11-8-23)17-3-5-19-21(13-17)28-22-14-18(27)4-6-20(22)24-19/h3-6,13-14,16H,7-12,15H2,1-2H3. The lowest BCUT2D eigenvalue weighted by Gasteiger charge is -2.40. The van der Waals surface area contributed by atoms with Crippen LogP contribution in [0.3, 0.4) is 0 Å². The van der Waals surface area contributed by atoms with Gasteiger partial charge < -0.3 is 9.80 Å². The summed E-state index contributed by atoms with van der Waals surface area (Å²) >= 11 is 1.67. The molecule has 1 aromatic carbocycles. The molecule has 0 amide bonds. The summed E-state index contributed by atoms with van der Waals surface area (Å²) in [6, 6.07) is 12.4. The zero-order valence-corrected chi connectivity index (χ0v) is 17.5. The second-order valence-corrected chi connectivity index (χ2v) is 9.88. The summed E-state index contributed by atoms with van der Waals surface area (Å²) in [4.78, 5) is 22.6. The summed E-state index contributed by atoms with van der Waals surface area (Å²) in [5.41, 5.74) is 3.78. The van der Waals surface area contributed by atoms with Gasteiger partial charge in [0.25, 0.3) is 0 Å². The van der Waals surface area contributed by atoms with E-state index in [9.17, 15) is 4.79 Å². The van der Waals surface area contributed by atoms with Crippen molar-refractivity contribution in [2.75, 3.05) is 31.1 Å². The molecule has 3 aliphatic heterocycles. The molecule has 0 radical (unpaired) electrons. The van der Waals surface area contributed by atoms with Crippen molar-refractivity contribution in [1.29, 1.82) is 0 Å². The van der Waals surface area contributed by atoms with E-state index < -0.39 is 0 Å². The molecule has 1 aliphatic carbocycles. The third-order valence-corrected chi connectivity index (χ3v) is 7.82. The van der Waals surface area contributed by atoms with Gasteiger partial charge in [0.1, 0.15) is 0 Å². The fourth-order valence-electron chi connectivity index (χ4n) is 4.85. The first-order chi connectivity index (χ1) is 13.5. The molecule has 3 heterocycles. The van der Waals surface area contributed by atoms with Crippen LogP contribution in [-0.2, 0) is 0 Å². The molecule has 1 aromatic rings. The summed E-state index contributed by atoms with van der Waals surface area (Å²) in [7, 11) is 0. The minimum absolute atomic E-state index is 0.0504. The number of likely N-dealkylation sites (tertiary alicyclic amines) is 1. The Labute approximate surface area is 170 Å². The topological polar surface area (TPSA) is 36.4 Å². The predicted octanol–water partition coefficient (Wildman–Crippen LogP) is 4.46. The molecule has 0 aromatic heterocycles. The highest BCUT2D eigenvalue weighted by molar-refractivity contribution is 7.21. The highest BCUT2D eigenvalue weighted by Gasteiger charge is 2.41. The quantitative estimate of drug-likeness (QED) is 0.602. The van der Waals surface area contributed by atoms with Gasteiger partial charge in [0.2, 0.25) is 0 Å². The van der Waals surface area contributed by atoms with Crippen molar-refractivity contribution in [3.63, 3.8) is 0 Å². The van der Waals surface area contributed by atoms with E-state index in [0.717, 1.165) is 33.9 Å². The number of rotatable bonds is 2. The molecular formula is C23H27N3OS. The van der Waals surface area contributed by atoms with E-state index in [2.05, 4.69) is 41.8 Å². The highest BCUT2D eigenvalue weighted by atomic mass is 32.1. The van der Waals surface area contributed by atoms with Crippen LogP contribution in [0.1, 0.15) is 33.1 Å². The van der Waals surface area contributed by atoms with E-state index in [1.165, 1.54) is 38.0 Å². The van der Waals surface area contributed by atoms with Crippen LogP contribution in [0.15, 0.2) is 41.2 Å². The molecule has 1 spiro atoms. The molecule has 2 fully saturated rings. The molecule has 4 nitrogen and oxygen atoms in total. The third kappa shape index (κ3) is 3.20. The van der Waals surface area contributed by atoms with E-state index >= 15 is 0 Å². The summed E-state index contributed by atoms with van der Waals surface area (Å²) < 4.78 is 1.16. The number of fused-ring (bicyclic) bond motifs is 2. The van der Waals surface area contributed by atoms with Crippen LogP contribution in [0.4, 0.5) is 5.69 Å². The Hall–Kier alpha value is -1.98. The van der Waals surface area contributed by atoms with E-state index in [1.54, 1.807) is 23.5 Å². The molecule has 0 saturated carbocycles. The Morgan fingerprint density at radius 3 is 2.57 bits per heavy atom. The molecule has 5 heteroatoms. The number of piperidine rings is 1. The zero-order valence-electron chi connectivity index (χ0n) is 16.6. The molecule has 5 rings (SSSR count). The first-order valence-electron chi connectivity index (χ1n) is 10.4. The predicted molar refractivity (Wildman–Crippen MR) is 118 cm³/mol. The molecule has 28 heavy (non-hydrogen) atoms. The maximum Gasteiger partial charge on any atom is 0.180 e. The van der Waals surface area contributed by atoms with Crippen LogP contribution in [0.5, 0.6) is 0 Å². The molecule has 0 unspecified atom stereocenters. The van der Waals surface area contributed by atoms with E-state index in [-0.39, 0.29) is 5.43 Å². The van der Waals surface area contributed by atoms with Gasteiger partial charge in [-0.25, -0.2) is 4.98 Å². The molecule has 2 saturated heterocycles. The first kappa shape index (κ1) is 18.1. The number of aromatic nitrogens is 1. The fourth-order valence-corrected chi connectivity index (χ4v) is 5.88. The van der Waals surface area contributed by atoms with Crippen LogP contribution < -0.4 is 10.3 Å². The van der Waals surface area contributed by atoms with Gasteiger partial charge in [-0.1, -0.05) is 0 Å². The second-order valence-electron chi connectivity index (χ2n) is 8.80. The van der Waals surface area contributed by atoms with Crippen LogP contribution in [0.25, 0.3) is 20.8 Å². The van der Waals surface area contributed by atoms with Gasteiger partial charge in [0.15, 0.2) is 5.43 Å². The highest BCUT2D eigenvalue weighted by Crippen LogP contribution is 2.42. The van der Waals surface area contributed by atoms with Crippen molar-refractivity contribution in [1.82, 2.24) is 9.88 Å². The van der Waals surface area contributed by atoms with Crippen LogP contribution in [0.2, 0.25) is 0 Å². The average molecular weight is 394 g/mol. The van der Waals surface area contributed by atoms with Crippen molar-refractivity contribution in [3.8, 4) is 10.6 Å². The summed E-state index contributed by atoms with van der Waals surface area (Å²) in [6.07, 6.45) is 3.92. The van der Waals surface area contributed by atoms with Gasteiger partial charge in [-0.15, -0.1) is 11.3 Å². The maximum atomic E-state index is 11.7. The van der Waals surface area contributed by atoms with Gasteiger partial charge in [0, 0.05) is 37.4 Å². The lowest BCUT2D eigenvalue weighted by atomic mass is 9.77. The van der Waals surface area contributed by atoms with Crippen molar-refractivity contribution in [3.05, 3.63) is 46.6 Å². The number of hydrogen-bond donors (Lipinski definition) is 0. The van der Waals surface area contributed by atoms with E-state index in [0.29, 0.717) is 11.5 Å². The Balaban J connectivity index is 1.38. The molecule has 4 aliphatic rings. The number of nitrogens with zero attached hydrogens (tertiary/aromatic N) is 3. The second kappa shape index (κ2) is 6.82. The van der Waals surface area contributed by atoms with Gasteiger partial charge in [0.05, 0.1) is 20.8 Å². The van der Waals surface area contributed by atoms with Gasteiger partial charge in [-0.3, -0.25) is 4.79 Å². The molecule has 0 atom stereocenters. The Morgan fingerprint density at radius 1 is 1.04 bits per heavy atom. The molecule has 0 bridgehead atoms. The summed E-state index contributed by atoms with van der Waals surface area (Å²) in [6.45, 7) is 9.43. The minimum atomic E-state index is 0.0504.